The molecule has 0 amide bonds. The highest BCUT2D eigenvalue weighted by atomic mass is 79.9. The maximum Gasteiger partial charge on any atom is 0.0893 e. The molecule has 114 valence electrons. The van der Waals surface area contributed by atoms with E-state index in [2.05, 4.69) is 66.3 Å². The lowest BCUT2D eigenvalue weighted by atomic mass is 9.99. The van der Waals surface area contributed by atoms with Crippen molar-refractivity contribution in [2.24, 2.45) is 5.84 Å². The van der Waals surface area contributed by atoms with Crippen LogP contribution in [0.5, 0.6) is 0 Å². The molecule has 1 atom stereocenters. The van der Waals surface area contributed by atoms with Crippen LogP contribution < -0.4 is 11.3 Å². The smallest absolute Gasteiger partial charge is 0.0893 e. The number of rotatable bonds is 4. The summed E-state index contributed by atoms with van der Waals surface area (Å²) in [6, 6.07) is 4.22. The van der Waals surface area contributed by atoms with Crippen molar-refractivity contribution in [1.29, 1.82) is 0 Å². The molecule has 0 radical (unpaired) electrons. The van der Waals surface area contributed by atoms with E-state index in [0.717, 1.165) is 26.9 Å². The lowest BCUT2D eigenvalue weighted by Gasteiger charge is -2.22. The predicted molar refractivity (Wildman–Crippen MR) is 90.4 cm³/mol. The Labute approximate surface area is 138 Å². The Morgan fingerprint density at radius 3 is 2.33 bits per heavy atom. The van der Waals surface area contributed by atoms with Gasteiger partial charge in [0.25, 0.3) is 0 Å². The van der Waals surface area contributed by atoms with E-state index < -0.39 is 0 Å². The van der Waals surface area contributed by atoms with Crippen LogP contribution in [0.1, 0.15) is 48.3 Å². The zero-order valence-corrected chi connectivity index (χ0v) is 15.0. The van der Waals surface area contributed by atoms with Crippen molar-refractivity contribution in [2.45, 2.75) is 39.8 Å². The molecule has 4 nitrogen and oxygen atoms in total. The fourth-order valence-corrected chi connectivity index (χ4v) is 2.98. The number of aromatic nitrogens is 2. The Bertz CT molecular complexity index is 628. The summed E-state index contributed by atoms with van der Waals surface area (Å²) in [5.74, 6) is 5.81. The zero-order valence-electron chi connectivity index (χ0n) is 12.6. The van der Waals surface area contributed by atoms with E-state index in [9.17, 15) is 0 Å². The molecule has 0 spiro atoms. The quantitative estimate of drug-likeness (QED) is 0.629. The molecule has 2 aromatic rings. The second-order valence-corrected chi connectivity index (χ2v) is 6.68. The Morgan fingerprint density at radius 2 is 1.86 bits per heavy atom. The number of aryl methyl sites for hydroxylation is 2. The number of nitrogens with one attached hydrogen (secondary N) is 1. The molecule has 2 rings (SSSR count). The molecule has 0 bridgehead atoms. The first kappa shape index (κ1) is 16.5. The fraction of sp³-hybridized carbons (Fsp3) is 0.400. The number of hydrogen-bond donors (Lipinski definition) is 2. The summed E-state index contributed by atoms with van der Waals surface area (Å²) in [4.78, 5) is 0. The highest BCUT2D eigenvalue weighted by Gasteiger charge is 2.23. The van der Waals surface area contributed by atoms with Gasteiger partial charge in [0.05, 0.1) is 23.0 Å². The first-order valence-electron chi connectivity index (χ1n) is 6.82. The van der Waals surface area contributed by atoms with Gasteiger partial charge in [0.2, 0.25) is 0 Å². The first-order valence-corrected chi connectivity index (χ1v) is 7.99. The minimum atomic E-state index is -0.201. The Hall–Kier alpha value is -0.880. The van der Waals surface area contributed by atoms with Gasteiger partial charge in [-0.15, -0.1) is 0 Å². The van der Waals surface area contributed by atoms with E-state index >= 15 is 0 Å². The molecule has 1 unspecified atom stereocenters. The van der Waals surface area contributed by atoms with Gasteiger partial charge in [-0.1, -0.05) is 39.7 Å². The average molecular weight is 372 g/mol. The highest BCUT2D eigenvalue weighted by Crippen LogP contribution is 2.32. The van der Waals surface area contributed by atoms with Crippen LogP contribution in [0.15, 0.2) is 22.8 Å². The normalized spacial score (nSPS) is 13.0. The zero-order chi connectivity index (χ0) is 15.7. The van der Waals surface area contributed by atoms with Gasteiger partial charge in [-0.3, -0.25) is 10.5 Å². The molecule has 0 saturated carbocycles. The van der Waals surface area contributed by atoms with E-state index in [-0.39, 0.29) is 12.1 Å². The molecule has 0 aliphatic heterocycles. The molecular formula is C15H20BrClN4. The summed E-state index contributed by atoms with van der Waals surface area (Å²) in [7, 11) is 0. The van der Waals surface area contributed by atoms with Gasteiger partial charge in [0, 0.05) is 10.5 Å². The number of benzene rings is 1. The first-order chi connectivity index (χ1) is 9.86. The maximum absolute atomic E-state index is 6.34. The maximum atomic E-state index is 6.34. The number of halogens is 2. The molecule has 0 aliphatic carbocycles. The average Bonchev–Trinajstić information content (AvgIpc) is 2.79. The molecule has 3 N–H and O–H groups in total. The van der Waals surface area contributed by atoms with Crippen molar-refractivity contribution in [3.05, 3.63) is 50.2 Å². The van der Waals surface area contributed by atoms with Gasteiger partial charge in [-0.25, -0.2) is 5.43 Å². The van der Waals surface area contributed by atoms with Crippen molar-refractivity contribution in [3.8, 4) is 0 Å². The van der Waals surface area contributed by atoms with E-state index in [4.69, 9.17) is 17.4 Å². The molecule has 0 aliphatic rings. The van der Waals surface area contributed by atoms with Crippen LogP contribution in [-0.4, -0.2) is 9.78 Å². The summed E-state index contributed by atoms with van der Waals surface area (Å²) in [6.07, 6.45) is 1.67. The van der Waals surface area contributed by atoms with E-state index in [0.29, 0.717) is 5.02 Å². The molecular weight excluding hydrogens is 352 g/mol. The van der Waals surface area contributed by atoms with Crippen LogP contribution in [0.25, 0.3) is 0 Å². The molecule has 21 heavy (non-hydrogen) atoms. The number of nitrogens with two attached hydrogens (primary N) is 1. The van der Waals surface area contributed by atoms with Crippen LogP contribution in [0, 0.1) is 13.8 Å². The molecule has 1 aromatic heterocycles. The fourth-order valence-electron chi connectivity index (χ4n) is 2.51. The summed E-state index contributed by atoms with van der Waals surface area (Å²) >= 11 is 9.93. The van der Waals surface area contributed by atoms with Crippen molar-refractivity contribution in [2.75, 3.05) is 0 Å². The minimum Gasteiger partial charge on any atom is -0.271 e. The van der Waals surface area contributed by atoms with E-state index in [1.54, 1.807) is 6.20 Å². The molecule has 0 fully saturated rings. The summed E-state index contributed by atoms with van der Waals surface area (Å²) in [5.41, 5.74) is 7.15. The highest BCUT2D eigenvalue weighted by molar-refractivity contribution is 9.10. The standard InChI is InChI=1S/C15H20BrClN4/c1-8(2)21-15(12(17)7-19-21)14(20-18)11-5-9(3)13(16)10(4)6-11/h5-8,14,20H,18H2,1-4H3. The van der Waals surface area contributed by atoms with Gasteiger partial charge in [-0.2, -0.15) is 5.10 Å². The molecule has 6 heteroatoms. The van der Waals surface area contributed by atoms with Crippen molar-refractivity contribution in [3.63, 3.8) is 0 Å². The van der Waals surface area contributed by atoms with Gasteiger partial charge >= 0.3 is 0 Å². The van der Waals surface area contributed by atoms with Crippen LogP contribution in [0.2, 0.25) is 5.02 Å². The SMILES string of the molecule is Cc1cc(C(NN)c2c(Cl)cnn2C(C)C)cc(C)c1Br. The van der Waals surface area contributed by atoms with Gasteiger partial charge in [0.1, 0.15) is 0 Å². The van der Waals surface area contributed by atoms with Gasteiger partial charge in [0.15, 0.2) is 0 Å². The summed E-state index contributed by atoms with van der Waals surface area (Å²) < 4.78 is 3.02. The molecule has 1 heterocycles. The lowest BCUT2D eigenvalue weighted by molar-refractivity contribution is 0.476. The Balaban J connectivity index is 2.58. The van der Waals surface area contributed by atoms with Crippen LogP contribution >= 0.6 is 27.5 Å². The van der Waals surface area contributed by atoms with Crippen molar-refractivity contribution < 1.29 is 0 Å². The summed E-state index contributed by atoms with van der Waals surface area (Å²) in [5, 5.41) is 4.97. The Morgan fingerprint density at radius 1 is 1.29 bits per heavy atom. The van der Waals surface area contributed by atoms with Crippen LogP contribution in [-0.2, 0) is 0 Å². The second kappa shape index (κ2) is 6.48. The van der Waals surface area contributed by atoms with Crippen LogP contribution in [0.3, 0.4) is 0 Å². The molecule has 1 aromatic carbocycles. The predicted octanol–water partition coefficient (Wildman–Crippen LogP) is 4.05. The van der Waals surface area contributed by atoms with Crippen molar-refractivity contribution in [1.82, 2.24) is 15.2 Å². The lowest BCUT2D eigenvalue weighted by Crippen LogP contribution is -2.31. The third kappa shape index (κ3) is 3.16. The monoisotopic (exact) mass is 370 g/mol. The number of hydrogen-bond acceptors (Lipinski definition) is 3. The van der Waals surface area contributed by atoms with E-state index in [1.165, 1.54) is 0 Å². The van der Waals surface area contributed by atoms with Gasteiger partial charge in [-0.05, 0) is 44.4 Å². The van der Waals surface area contributed by atoms with Crippen molar-refractivity contribution >= 4 is 27.5 Å². The second-order valence-electron chi connectivity index (χ2n) is 5.48. The largest absolute Gasteiger partial charge is 0.271 e. The van der Waals surface area contributed by atoms with Crippen LogP contribution in [0.4, 0.5) is 0 Å². The molecule has 0 saturated heterocycles. The minimum absolute atomic E-state index is 0.201. The third-order valence-corrected chi connectivity index (χ3v) is 5.05. The van der Waals surface area contributed by atoms with E-state index in [1.807, 2.05) is 4.68 Å². The summed E-state index contributed by atoms with van der Waals surface area (Å²) in [6.45, 7) is 8.27. The topological polar surface area (TPSA) is 55.9 Å². The van der Waals surface area contributed by atoms with Gasteiger partial charge < -0.3 is 0 Å². The number of hydrazine groups is 1. The Kier molecular flexibility index (Phi) is 5.09. The third-order valence-electron chi connectivity index (χ3n) is 3.51. The number of nitrogens with zero attached hydrogens (tertiary/aromatic N) is 2.